The van der Waals surface area contributed by atoms with Crippen LogP contribution in [-0.2, 0) is 9.53 Å². The lowest BCUT2D eigenvalue weighted by Gasteiger charge is -2.48. The lowest BCUT2D eigenvalue weighted by Crippen LogP contribution is -2.43. The maximum Gasteiger partial charge on any atom is 0.314 e. The van der Waals surface area contributed by atoms with Crippen LogP contribution >= 0.6 is 0 Å². The highest BCUT2D eigenvalue weighted by atomic mass is 16.5. The first-order valence-electron chi connectivity index (χ1n) is 11.9. The third-order valence-electron chi connectivity index (χ3n) is 8.83. The normalized spacial score (nSPS) is 39.7. The van der Waals surface area contributed by atoms with Crippen molar-refractivity contribution in [2.24, 2.45) is 40.9 Å². The summed E-state index contributed by atoms with van der Waals surface area (Å²) in [5.74, 6) is 4.87. The second-order valence-electron chi connectivity index (χ2n) is 10.9. The van der Waals surface area contributed by atoms with E-state index in [9.17, 15) is 4.79 Å². The number of carbonyl (C=O) groups is 1. The summed E-state index contributed by atoms with van der Waals surface area (Å²) < 4.78 is 6.12. The Hall–Kier alpha value is -0.790. The van der Waals surface area contributed by atoms with Gasteiger partial charge in [-0.05, 0) is 73.2 Å². The van der Waals surface area contributed by atoms with Crippen LogP contribution in [0.25, 0.3) is 0 Å². The molecule has 2 nitrogen and oxygen atoms in total. The van der Waals surface area contributed by atoms with E-state index >= 15 is 0 Å². The molecule has 1 heterocycles. The average molecular weight is 373 g/mol. The lowest BCUT2D eigenvalue weighted by atomic mass is 9.59. The van der Waals surface area contributed by atoms with Crippen LogP contribution < -0.4 is 0 Å². The quantitative estimate of drug-likeness (QED) is 0.491. The van der Waals surface area contributed by atoms with Gasteiger partial charge < -0.3 is 4.74 Å². The summed E-state index contributed by atoms with van der Waals surface area (Å²) in [7, 11) is 0. The van der Waals surface area contributed by atoms with Crippen LogP contribution in [0.2, 0.25) is 0 Å². The predicted octanol–water partition coefficient (Wildman–Crippen LogP) is 6.89. The number of esters is 1. The molecule has 0 spiro atoms. The summed E-state index contributed by atoms with van der Waals surface area (Å²) in [6.07, 6.45) is 13.9. The first kappa shape index (κ1) is 19.5. The Bertz CT molecular complexity index is 603. The lowest BCUT2D eigenvalue weighted by molar-refractivity contribution is -0.152. The van der Waals surface area contributed by atoms with Gasteiger partial charge in [0.05, 0.1) is 5.92 Å². The molecule has 2 heteroatoms. The molecular formula is C25H40O2. The van der Waals surface area contributed by atoms with E-state index in [1.807, 2.05) is 0 Å². The zero-order chi connectivity index (χ0) is 19.2. The Balaban J connectivity index is 1.52. The van der Waals surface area contributed by atoms with Gasteiger partial charge in [-0.15, -0.1) is 0 Å². The Morgan fingerprint density at radius 1 is 1.04 bits per heavy atom. The van der Waals surface area contributed by atoms with Crippen LogP contribution in [0.5, 0.6) is 0 Å². The fraction of sp³-hybridized carbons (Fsp3) is 0.880. The van der Waals surface area contributed by atoms with Crippen molar-refractivity contribution < 1.29 is 9.53 Å². The molecule has 3 aliphatic carbocycles. The van der Waals surface area contributed by atoms with E-state index in [0.29, 0.717) is 17.3 Å². The van der Waals surface area contributed by atoms with E-state index in [-0.39, 0.29) is 11.9 Å². The third kappa shape index (κ3) is 3.40. The van der Waals surface area contributed by atoms with Gasteiger partial charge in [0.15, 0.2) is 0 Å². The first-order valence-corrected chi connectivity index (χ1v) is 11.9. The van der Waals surface area contributed by atoms with Crippen molar-refractivity contribution in [2.45, 2.75) is 98.3 Å². The number of hydrogen-bond acceptors (Lipinski definition) is 2. The van der Waals surface area contributed by atoms with Gasteiger partial charge in [0, 0.05) is 5.92 Å². The molecule has 0 radical (unpaired) electrons. The summed E-state index contributed by atoms with van der Waals surface area (Å²) in [6.45, 7) is 9.69. The largest absolute Gasteiger partial charge is 0.431 e. The van der Waals surface area contributed by atoms with Gasteiger partial charge in [-0.1, -0.05) is 59.8 Å². The standard InChI is InChI=1S/C25H40O2/c1-16(2)8-7-9-17(3)21-12-13-22-23-19(14-15-25(21,22)4)18-10-5-6-11-20(18)24(26)27-23/h16-18,20-22H,5-15H2,1-4H3/t17-,18?,20?,21?,22+,25-/m1/s1. The number of carbonyl (C=O) groups excluding carboxylic acids is 1. The van der Waals surface area contributed by atoms with Crippen LogP contribution in [0.1, 0.15) is 98.3 Å². The van der Waals surface area contributed by atoms with Crippen molar-refractivity contribution >= 4 is 5.97 Å². The van der Waals surface area contributed by atoms with Gasteiger partial charge in [0.1, 0.15) is 5.76 Å². The van der Waals surface area contributed by atoms with E-state index in [2.05, 4.69) is 27.7 Å². The van der Waals surface area contributed by atoms with Crippen LogP contribution in [0.3, 0.4) is 0 Å². The Morgan fingerprint density at radius 2 is 1.78 bits per heavy atom. The molecule has 0 aromatic heterocycles. The van der Waals surface area contributed by atoms with Crippen molar-refractivity contribution in [3.63, 3.8) is 0 Å². The summed E-state index contributed by atoms with van der Waals surface area (Å²) >= 11 is 0. The number of rotatable bonds is 5. The van der Waals surface area contributed by atoms with Crippen LogP contribution in [0.4, 0.5) is 0 Å². The van der Waals surface area contributed by atoms with Crippen molar-refractivity contribution in [2.75, 3.05) is 0 Å². The Labute approximate surface area is 166 Å². The highest BCUT2D eigenvalue weighted by Gasteiger charge is 2.55. The molecule has 1 aliphatic heterocycles. The molecule has 2 fully saturated rings. The van der Waals surface area contributed by atoms with Gasteiger partial charge >= 0.3 is 5.97 Å². The molecule has 152 valence electrons. The Kier molecular flexibility index (Phi) is 5.47. The summed E-state index contributed by atoms with van der Waals surface area (Å²) in [5, 5.41) is 0. The van der Waals surface area contributed by atoms with Crippen LogP contribution in [0, 0.1) is 40.9 Å². The topological polar surface area (TPSA) is 26.3 Å². The second-order valence-corrected chi connectivity index (χ2v) is 10.9. The third-order valence-corrected chi connectivity index (χ3v) is 8.83. The Morgan fingerprint density at radius 3 is 2.52 bits per heavy atom. The van der Waals surface area contributed by atoms with Gasteiger partial charge in [-0.2, -0.15) is 0 Å². The van der Waals surface area contributed by atoms with Crippen LogP contribution in [0.15, 0.2) is 11.3 Å². The van der Waals surface area contributed by atoms with E-state index in [1.165, 1.54) is 64.2 Å². The highest BCUT2D eigenvalue weighted by molar-refractivity contribution is 5.76. The van der Waals surface area contributed by atoms with E-state index in [1.54, 1.807) is 5.57 Å². The van der Waals surface area contributed by atoms with Gasteiger partial charge in [0.2, 0.25) is 0 Å². The van der Waals surface area contributed by atoms with E-state index < -0.39 is 0 Å². The van der Waals surface area contributed by atoms with Gasteiger partial charge in [-0.3, -0.25) is 4.79 Å². The summed E-state index contributed by atoms with van der Waals surface area (Å²) in [4.78, 5) is 12.7. The number of fused-ring (bicyclic) bond motifs is 4. The maximum absolute atomic E-state index is 12.7. The van der Waals surface area contributed by atoms with Crippen molar-refractivity contribution in [1.29, 1.82) is 0 Å². The highest BCUT2D eigenvalue weighted by Crippen LogP contribution is 2.62. The molecule has 6 atom stereocenters. The minimum absolute atomic E-state index is 0.108. The molecule has 0 amide bonds. The van der Waals surface area contributed by atoms with Gasteiger partial charge in [0.25, 0.3) is 0 Å². The zero-order valence-electron chi connectivity index (χ0n) is 18.1. The molecule has 0 aromatic carbocycles. The SMILES string of the molecule is CC(C)CCC[C@@H](C)C1CC[C@H]2C3=C(CC[C@]12C)C1CCCCC1C(=O)O3. The maximum atomic E-state index is 12.7. The molecule has 27 heavy (non-hydrogen) atoms. The monoisotopic (exact) mass is 372 g/mol. The average Bonchev–Trinajstić information content (AvgIpc) is 2.99. The molecule has 0 aromatic rings. The molecule has 0 bridgehead atoms. The molecular weight excluding hydrogens is 332 g/mol. The predicted molar refractivity (Wildman–Crippen MR) is 110 cm³/mol. The number of hydrogen-bond donors (Lipinski definition) is 0. The second kappa shape index (κ2) is 7.56. The number of allylic oxidation sites excluding steroid dienone is 2. The fourth-order valence-electron chi connectivity index (χ4n) is 7.31. The minimum Gasteiger partial charge on any atom is -0.431 e. The van der Waals surface area contributed by atoms with E-state index in [4.69, 9.17) is 4.74 Å². The molecule has 2 saturated carbocycles. The van der Waals surface area contributed by atoms with Gasteiger partial charge in [-0.25, -0.2) is 0 Å². The number of ether oxygens (including phenoxy) is 1. The minimum atomic E-state index is 0.108. The molecule has 3 unspecified atom stereocenters. The van der Waals surface area contributed by atoms with E-state index in [0.717, 1.165) is 29.9 Å². The smallest absolute Gasteiger partial charge is 0.314 e. The van der Waals surface area contributed by atoms with Crippen molar-refractivity contribution in [3.05, 3.63) is 11.3 Å². The first-order chi connectivity index (χ1) is 12.9. The van der Waals surface area contributed by atoms with Crippen molar-refractivity contribution in [1.82, 2.24) is 0 Å². The van der Waals surface area contributed by atoms with Crippen molar-refractivity contribution in [3.8, 4) is 0 Å². The fourth-order valence-corrected chi connectivity index (χ4v) is 7.31. The summed E-state index contributed by atoms with van der Waals surface area (Å²) in [5.41, 5.74) is 1.91. The molecule has 0 saturated heterocycles. The summed E-state index contributed by atoms with van der Waals surface area (Å²) in [6, 6.07) is 0. The molecule has 4 aliphatic rings. The molecule has 0 N–H and O–H groups in total. The molecule has 4 rings (SSSR count). The zero-order valence-corrected chi connectivity index (χ0v) is 18.1. The van der Waals surface area contributed by atoms with Crippen LogP contribution in [-0.4, -0.2) is 5.97 Å².